The van der Waals surface area contributed by atoms with Gasteiger partial charge in [-0.1, -0.05) is 36.4 Å². The van der Waals surface area contributed by atoms with Gasteiger partial charge in [-0.2, -0.15) is 0 Å². The van der Waals surface area contributed by atoms with E-state index >= 15 is 0 Å². The molecule has 11 N–H and O–H groups in total. The summed E-state index contributed by atoms with van der Waals surface area (Å²) in [6.07, 6.45) is -2.17. The first-order valence-corrected chi connectivity index (χ1v) is 29.7. The van der Waals surface area contributed by atoms with Gasteiger partial charge in [0.1, 0.15) is 57.4 Å². The number of carbonyl (C=O) groups excluding carboxylic acids is 9. The first-order chi connectivity index (χ1) is 43.8. The van der Waals surface area contributed by atoms with Crippen LogP contribution in [-0.4, -0.2) is 141 Å². The number of anilines is 2. The molecule has 6 aromatic carbocycles. The number of primary amides is 2. The number of aliphatic hydroxyl groups excluding tert-OH is 1. The van der Waals surface area contributed by atoms with Gasteiger partial charge in [0, 0.05) is 22.7 Å². The lowest BCUT2D eigenvalue weighted by Gasteiger charge is -2.47. The van der Waals surface area contributed by atoms with E-state index in [9.17, 15) is 75.4 Å². The standard InChI is InChI=1S/C31H30F2N4O8S.C31H28F2N4O8S/c2*32-19-5-1-17(2-6-19)24(38)16-46-29-28(37(30(29)42)21-9-7-20(33)8-10-21)18-3-11-22(12-4-18)45-15-27(41)35-14-26(40)36-23(31(43)44)13-25(34)39/h1-12,23-24,28-29,38H,13-16H2,(H2,34,39)(H,35,41)(H,36,40)(H,43,44);1-12,23,28-29H,13-16H2,(H2,34,39)(H,35,41)(H,36,40)(H,43,44)/t23-,24?,28+,29+;23-,28+,29+/m00/s1. The molecular weight excluding hydrogens is 1250 g/mol. The van der Waals surface area contributed by atoms with Gasteiger partial charge >= 0.3 is 11.9 Å². The third kappa shape index (κ3) is 19.3. The number of carboxylic acids is 2. The lowest BCUT2D eigenvalue weighted by molar-refractivity contribution is -0.143. The number of carbonyl (C=O) groups is 11. The first kappa shape index (κ1) is 69.1. The molecule has 2 aliphatic heterocycles. The van der Waals surface area contributed by atoms with Crippen LogP contribution < -0.4 is 52.0 Å². The number of benzene rings is 6. The minimum Gasteiger partial charge on any atom is -0.484 e. The fraction of sp³-hybridized carbons (Fsp3) is 0.242. The molecule has 92 heavy (non-hydrogen) atoms. The summed E-state index contributed by atoms with van der Waals surface area (Å²) in [7, 11) is 0. The molecular formula is C62H58F4N8O16S2. The molecule has 482 valence electrons. The summed E-state index contributed by atoms with van der Waals surface area (Å²) in [5.74, 6) is -9.73. The van der Waals surface area contributed by atoms with Crippen LogP contribution >= 0.6 is 23.5 Å². The number of aliphatic hydroxyl groups is 1. The van der Waals surface area contributed by atoms with Gasteiger partial charge in [-0.05, 0) is 126 Å². The zero-order valence-corrected chi connectivity index (χ0v) is 49.7. The molecule has 0 aliphatic carbocycles. The second-order valence-electron chi connectivity index (χ2n) is 20.3. The SMILES string of the molecule is NC(=O)C[C@H](NC(=O)CNC(=O)COc1ccc([C@@H]2[C@@H](SCC(=O)c3ccc(F)cc3)C(=O)N2c2ccc(F)cc2)cc1)C(=O)O.NC(=O)C[C@H](NC(=O)CNC(=O)COc1ccc([C@@H]2[C@@H](SCC(O)c3ccc(F)cc3)C(=O)N2c2ccc(F)cc2)cc1)C(=O)O. The number of aliphatic carboxylic acids is 2. The number of thioether (sulfide) groups is 2. The van der Waals surface area contributed by atoms with Crippen LogP contribution in [0.2, 0.25) is 0 Å². The smallest absolute Gasteiger partial charge is 0.326 e. The fourth-order valence-corrected chi connectivity index (χ4v) is 11.6. The molecule has 1 unspecified atom stereocenters. The Morgan fingerprint density at radius 2 is 0.859 bits per heavy atom. The van der Waals surface area contributed by atoms with Gasteiger partial charge in [0.15, 0.2) is 19.0 Å². The van der Waals surface area contributed by atoms with Crippen LogP contribution in [-0.2, 0) is 47.9 Å². The van der Waals surface area contributed by atoms with E-state index < -0.39 is 151 Å². The number of ether oxygens (including phenoxy) is 2. The van der Waals surface area contributed by atoms with E-state index in [-0.39, 0.29) is 34.9 Å². The number of carboxylic acid groups (broad SMARTS) is 2. The van der Waals surface area contributed by atoms with Crippen molar-refractivity contribution in [2.45, 2.75) is 53.6 Å². The molecule has 6 aromatic rings. The highest BCUT2D eigenvalue weighted by Crippen LogP contribution is 2.47. The number of nitrogens with two attached hydrogens (primary N) is 2. The Morgan fingerprint density at radius 1 is 0.500 bits per heavy atom. The number of hydrogen-bond acceptors (Lipinski definition) is 16. The summed E-state index contributed by atoms with van der Waals surface area (Å²) in [6.45, 7) is -2.08. The van der Waals surface area contributed by atoms with Crippen LogP contribution in [0.4, 0.5) is 28.9 Å². The number of rotatable bonds is 30. The molecule has 8 rings (SSSR count). The molecule has 8 amide bonds. The first-order valence-electron chi connectivity index (χ1n) is 27.6. The predicted molar refractivity (Wildman–Crippen MR) is 324 cm³/mol. The van der Waals surface area contributed by atoms with Crippen molar-refractivity contribution in [1.29, 1.82) is 0 Å². The molecule has 0 saturated carbocycles. The Labute approximate surface area is 529 Å². The predicted octanol–water partition coefficient (Wildman–Crippen LogP) is 3.81. The Bertz CT molecular complexity index is 3670. The lowest BCUT2D eigenvalue weighted by atomic mass is 9.92. The van der Waals surface area contributed by atoms with Crippen molar-refractivity contribution in [3.8, 4) is 11.5 Å². The number of nitrogens with one attached hydrogen (secondary N) is 4. The van der Waals surface area contributed by atoms with Crippen molar-refractivity contribution < 1.29 is 95.1 Å². The monoisotopic (exact) mass is 1310 g/mol. The average molecular weight is 1310 g/mol. The average Bonchev–Trinajstić information content (AvgIpc) is 0.751. The van der Waals surface area contributed by atoms with Gasteiger partial charge in [-0.3, -0.25) is 43.2 Å². The molecule has 2 saturated heterocycles. The minimum atomic E-state index is -1.53. The van der Waals surface area contributed by atoms with Crippen molar-refractivity contribution in [3.63, 3.8) is 0 Å². The van der Waals surface area contributed by atoms with E-state index in [1.54, 1.807) is 48.5 Å². The molecule has 24 nitrogen and oxygen atoms in total. The van der Waals surface area contributed by atoms with Crippen molar-refractivity contribution in [2.75, 3.05) is 47.6 Å². The minimum absolute atomic E-state index is 0.0355. The van der Waals surface area contributed by atoms with Crippen molar-refractivity contribution >= 4 is 99.9 Å². The van der Waals surface area contributed by atoms with Crippen molar-refractivity contribution in [2.24, 2.45) is 11.5 Å². The number of Topliss-reactive ketones (excluding diaryl/α,β-unsaturated/α-hetero) is 1. The zero-order valence-electron chi connectivity index (χ0n) is 48.1. The zero-order chi connectivity index (χ0) is 66.8. The van der Waals surface area contributed by atoms with Crippen LogP contribution in [0.15, 0.2) is 146 Å². The summed E-state index contributed by atoms with van der Waals surface area (Å²) in [4.78, 5) is 135. The lowest BCUT2D eigenvalue weighted by Crippen LogP contribution is -2.57. The molecule has 0 aromatic heterocycles. The molecule has 2 fully saturated rings. The molecule has 0 radical (unpaired) electrons. The van der Waals surface area contributed by atoms with E-state index in [2.05, 4.69) is 21.3 Å². The fourth-order valence-electron chi connectivity index (χ4n) is 9.11. The van der Waals surface area contributed by atoms with Crippen LogP contribution in [0.25, 0.3) is 0 Å². The highest BCUT2D eigenvalue weighted by atomic mass is 32.2. The van der Waals surface area contributed by atoms with E-state index in [0.717, 1.165) is 11.8 Å². The van der Waals surface area contributed by atoms with Gasteiger partial charge in [-0.15, -0.1) is 23.5 Å². The third-order valence-electron chi connectivity index (χ3n) is 13.7. The number of halogens is 4. The van der Waals surface area contributed by atoms with E-state index in [1.165, 1.54) is 119 Å². The second kappa shape index (κ2) is 32.4. The number of amides is 8. The van der Waals surface area contributed by atoms with Crippen LogP contribution in [0.5, 0.6) is 11.5 Å². The van der Waals surface area contributed by atoms with E-state index in [0.29, 0.717) is 39.4 Å². The molecule has 0 spiro atoms. The summed E-state index contributed by atoms with van der Waals surface area (Å²) < 4.78 is 64.7. The number of nitrogens with zero attached hydrogens (tertiary/aromatic N) is 2. The highest BCUT2D eigenvalue weighted by Gasteiger charge is 2.50. The maximum atomic E-state index is 13.6. The Kier molecular flexibility index (Phi) is 24.4. The normalized spacial score (nSPS) is 16.5. The van der Waals surface area contributed by atoms with Crippen molar-refractivity contribution in [1.82, 2.24) is 21.3 Å². The van der Waals surface area contributed by atoms with Crippen molar-refractivity contribution in [3.05, 3.63) is 191 Å². The Morgan fingerprint density at radius 3 is 1.23 bits per heavy atom. The Hall–Kier alpha value is -10.3. The number of β-lactam (4-membered cyclic amide) rings is 2. The van der Waals surface area contributed by atoms with E-state index in [4.69, 9.17) is 31.2 Å². The van der Waals surface area contributed by atoms with Gasteiger partial charge in [0.25, 0.3) is 11.8 Å². The topological polar surface area (TPSA) is 374 Å². The maximum Gasteiger partial charge on any atom is 0.326 e. The Balaban J connectivity index is 0.000000261. The summed E-state index contributed by atoms with van der Waals surface area (Å²) >= 11 is 2.37. The highest BCUT2D eigenvalue weighted by molar-refractivity contribution is 8.01. The molecule has 30 heteroatoms. The molecule has 0 bridgehead atoms. The number of ketones is 1. The van der Waals surface area contributed by atoms with Gasteiger partial charge in [-0.25, -0.2) is 27.2 Å². The summed E-state index contributed by atoms with van der Waals surface area (Å²) in [5.41, 5.74) is 13.1. The third-order valence-corrected chi connectivity index (χ3v) is 16.3. The van der Waals surface area contributed by atoms with Gasteiger partial charge < -0.3 is 67.3 Å². The van der Waals surface area contributed by atoms with Crippen LogP contribution in [0.1, 0.15) is 58.1 Å². The summed E-state index contributed by atoms with van der Waals surface area (Å²) in [5, 5.41) is 36.2. The number of hydrogen-bond donors (Lipinski definition) is 9. The van der Waals surface area contributed by atoms with E-state index in [1.807, 2.05) is 0 Å². The summed E-state index contributed by atoms with van der Waals surface area (Å²) in [6, 6.07) is 30.4. The van der Waals surface area contributed by atoms with Crippen LogP contribution in [0, 0.1) is 23.3 Å². The van der Waals surface area contributed by atoms with Crippen LogP contribution in [0.3, 0.4) is 0 Å². The molecule has 7 atom stereocenters. The maximum absolute atomic E-state index is 13.6. The molecule has 2 heterocycles. The quantitative estimate of drug-likeness (QED) is 0.0176. The van der Waals surface area contributed by atoms with Gasteiger partial charge in [0.2, 0.25) is 35.4 Å². The largest absolute Gasteiger partial charge is 0.484 e. The second-order valence-corrected chi connectivity index (χ2v) is 22.6. The molecule has 2 aliphatic rings. The van der Waals surface area contributed by atoms with Gasteiger partial charge in [0.05, 0.1) is 49.9 Å².